The molecule has 1 atom stereocenters. The second-order valence-corrected chi connectivity index (χ2v) is 5.08. The van der Waals surface area contributed by atoms with Crippen molar-refractivity contribution in [1.82, 2.24) is 4.98 Å². The fraction of sp³-hybridized carbons (Fsp3) is 0.294. The maximum absolute atomic E-state index is 11.0. The lowest BCUT2D eigenvalue weighted by Crippen LogP contribution is -2.13. The van der Waals surface area contributed by atoms with Gasteiger partial charge in [0.2, 0.25) is 0 Å². The number of anilines is 1. The molecule has 1 aromatic heterocycles. The maximum atomic E-state index is 11.0. The third-order valence-electron chi connectivity index (χ3n) is 3.47. The first-order chi connectivity index (χ1) is 10.1. The number of benzene rings is 1. The van der Waals surface area contributed by atoms with Crippen LogP contribution in [0.4, 0.5) is 5.82 Å². The number of hydrogen-bond donors (Lipinski definition) is 2. The number of hydrogen-bond acceptors (Lipinski definition) is 3. The van der Waals surface area contributed by atoms with Crippen LogP contribution in [0.5, 0.6) is 0 Å². The first kappa shape index (κ1) is 15.0. The van der Waals surface area contributed by atoms with Crippen molar-refractivity contribution in [3.63, 3.8) is 0 Å². The quantitative estimate of drug-likeness (QED) is 0.840. The molecule has 0 unspecified atom stereocenters. The Morgan fingerprint density at radius 3 is 2.76 bits per heavy atom. The number of pyridine rings is 1. The normalized spacial score (nSPS) is 11.9. The number of aromatic nitrogens is 1. The van der Waals surface area contributed by atoms with E-state index in [-0.39, 0.29) is 11.6 Å². The van der Waals surface area contributed by atoms with Gasteiger partial charge in [-0.15, -0.1) is 0 Å². The summed E-state index contributed by atoms with van der Waals surface area (Å²) < 4.78 is 0. The van der Waals surface area contributed by atoms with Crippen molar-refractivity contribution in [2.24, 2.45) is 0 Å². The molecule has 2 rings (SSSR count). The van der Waals surface area contributed by atoms with Crippen LogP contribution in [0.2, 0.25) is 0 Å². The number of carboxylic acids is 1. The van der Waals surface area contributed by atoms with Crippen LogP contribution >= 0.6 is 0 Å². The van der Waals surface area contributed by atoms with Crippen LogP contribution in [0.1, 0.15) is 47.3 Å². The number of carbonyl (C=O) groups is 1. The number of aryl methyl sites for hydroxylation is 1. The Morgan fingerprint density at radius 2 is 2.10 bits per heavy atom. The SMILES string of the molecule is CCC[C@@H](Nc1cc(C(=O)O)ccn1)c1ccccc1C. The summed E-state index contributed by atoms with van der Waals surface area (Å²) in [4.78, 5) is 15.3. The topological polar surface area (TPSA) is 62.2 Å². The zero-order valence-corrected chi connectivity index (χ0v) is 12.3. The highest BCUT2D eigenvalue weighted by atomic mass is 16.4. The molecule has 0 saturated carbocycles. The number of nitrogens with one attached hydrogen (secondary N) is 1. The maximum Gasteiger partial charge on any atom is 0.335 e. The smallest absolute Gasteiger partial charge is 0.335 e. The molecule has 0 saturated heterocycles. The van der Waals surface area contributed by atoms with Gasteiger partial charge in [-0.3, -0.25) is 0 Å². The van der Waals surface area contributed by atoms with E-state index in [4.69, 9.17) is 5.11 Å². The Kier molecular flexibility index (Phi) is 4.93. The van der Waals surface area contributed by atoms with E-state index in [2.05, 4.69) is 36.3 Å². The fourth-order valence-electron chi connectivity index (χ4n) is 2.39. The van der Waals surface area contributed by atoms with Crippen LogP contribution < -0.4 is 5.32 Å². The summed E-state index contributed by atoms with van der Waals surface area (Å²) in [7, 11) is 0. The largest absolute Gasteiger partial charge is 0.478 e. The molecule has 0 aliphatic rings. The van der Waals surface area contributed by atoms with Crippen LogP contribution in [0.3, 0.4) is 0 Å². The Morgan fingerprint density at radius 1 is 1.33 bits per heavy atom. The lowest BCUT2D eigenvalue weighted by Gasteiger charge is -2.21. The molecule has 0 bridgehead atoms. The van der Waals surface area contributed by atoms with Crippen LogP contribution in [-0.2, 0) is 0 Å². The molecular formula is C17H20N2O2. The first-order valence-electron chi connectivity index (χ1n) is 7.13. The van der Waals surface area contributed by atoms with Crippen molar-refractivity contribution in [3.05, 3.63) is 59.3 Å². The first-order valence-corrected chi connectivity index (χ1v) is 7.13. The van der Waals surface area contributed by atoms with Gasteiger partial charge in [-0.2, -0.15) is 0 Å². The molecule has 1 heterocycles. The Balaban J connectivity index is 2.26. The van der Waals surface area contributed by atoms with Gasteiger partial charge < -0.3 is 10.4 Å². The summed E-state index contributed by atoms with van der Waals surface area (Å²) in [5.74, 6) is -0.347. The Hall–Kier alpha value is -2.36. The van der Waals surface area contributed by atoms with E-state index in [1.165, 1.54) is 23.4 Å². The summed E-state index contributed by atoms with van der Waals surface area (Å²) in [5.41, 5.74) is 2.69. The van der Waals surface area contributed by atoms with Gasteiger partial charge in [0, 0.05) is 6.20 Å². The predicted octanol–water partition coefficient (Wildman–Crippen LogP) is 4.04. The van der Waals surface area contributed by atoms with Gasteiger partial charge in [0.1, 0.15) is 5.82 Å². The zero-order chi connectivity index (χ0) is 15.2. The third kappa shape index (κ3) is 3.81. The monoisotopic (exact) mass is 284 g/mol. The number of aromatic carboxylic acids is 1. The number of rotatable bonds is 6. The highest BCUT2D eigenvalue weighted by Gasteiger charge is 2.14. The number of nitrogens with zero attached hydrogens (tertiary/aromatic N) is 1. The minimum absolute atomic E-state index is 0.132. The molecule has 4 nitrogen and oxygen atoms in total. The molecule has 2 aromatic rings. The molecule has 1 aromatic carbocycles. The van der Waals surface area contributed by atoms with Gasteiger partial charge in [0.15, 0.2) is 0 Å². The summed E-state index contributed by atoms with van der Waals surface area (Å²) >= 11 is 0. The average molecular weight is 284 g/mol. The number of carboxylic acid groups (broad SMARTS) is 1. The molecule has 0 aliphatic heterocycles. The van der Waals surface area contributed by atoms with E-state index < -0.39 is 5.97 Å². The second-order valence-electron chi connectivity index (χ2n) is 5.08. The highest BCUT2D eigenvalue weighted by Crippen LogP contribution is 2.25. The lowest BCUT2D eigenvalue weighted by molar-refractivity contribution is 0.0697. The second kappa shape index (κ2) is 6.88. The van der Waals surface area contributed by atoms with E-state index >= 15 is 0 Å². The van der Waals surface area contributed by atoms with Crippen molar-refractivity contribution in [2.75, 3.05) is 5.32 Å². The van der Waals surface area contributed by atoms with Crippen molar-refractivity contribution in [2.45, 2.75) is 32.7 Å². The molecular weight excluding hydrogens is 264 g/mol. The van der Waals surface area contributed by atoms with Crippen molar-refractivity contribution >= 4 is 11.8 Å². The van der Waals surface area contributed by atoms with Crippen LogP contribution in [0.15, 0.2) is 42.6 Å². The van der Waals surface area contributed by atoms with Gasteiger partial charge in [0.25, 0.3) is 0 Å². The van der Waals surface area contributed by atoms with Gasteiger partial charge in [-0.1, -0.05) is 37.6 Å². The van der Waals surface area contributed by atoms with E-state index in [1.54, 1.807) is 6.07 Å². The summed E-state index contributed by atoms with van der Waals surface area (Å²) in [6.45, 7) is 4.22. The molecule has 0 amide bonds. The molecule has 0 fully saturated rings. The molecule has 4 heteroatoms. The summed E-state index contributed by atoms with van der Waals surface area (Å²) in [6, 6.07) is 11.4. The summed E-state index contributed by atoms with van der Waals surface area (Å²) in [6.07, 6.45) is 3.51. The van der Waals surface area contributed by atoms with Gasteiger partial charge in [-0.05, 0) is 36.6 Å². The van der Waals surface area contributed by atoms with Crippen molar-refractivity contribution in [3.8, 4) is 0 Å². The molecule has 0 radical (unpaired) electrons. The van der Waals surface area contributed by atoms with Gasteiger partial charge in [-0.25, -0.2) is 9.78 Å². The van der Waals surface area contributed by atoms with Gasteiger partial charge in [0.05, 0.1) is 11.6 Å². The van der Waals surface area contributed by atoms with Crippen LogP contribution in [0.25, 0.3) is 0 Å². The molecule has 0 spiro atoms. The predicted molar refractivity (Wildman–Crippen MR) is 83.6 cm³/mol. The molecule has 2 N–H and O–H groups in total. The highest BCUT2D eigenvalue weighted by molar-refractivity contribution is 5.88. The minimum atomic E-state index is -0.941. The van der Waals surface area contributed by atoms with Gasteiger partial charge >= 0.3 is 5.97 Å². The van der Waals surface area contributed by atoms with Crippen LogP contribution in [-0.4, -0.2) is 16.1 Å². The standard InChI is InChI=1S/C17H20N2O2/c1-3-6-15(14-8-5-4-7-12(14)2)19-16-11-13(17(20)21)9-10-18-16/h4-5,7-11,15H,3,6H2,1-2H3,(H,18,19)(H,20,21)/t15-/m1/s1. The van der Waals surface area contributed by atoms with E-state index in [1.807, 2.05) is 12.1 Å². The molecule has 0 aliphatic carbocycles. The molecule has 110 valence electrons. The Labute approximate surface area is 124 Å². The Bertz CT molecular complexity index is 626. The van der Waals surface area contributed by atoms with Crippen LogP contribution in [0, 0.1) is 6.92 Å². The molecule has 21 heavy (non-hydrogen) atoms. The third-order valence-corrected chi connectivity index (χ3v) is 3.47. The lowest BCUT2D eigenvalue weighted by atomic mass is 9.98. The summed E-state index contributed by atoms with van der Waals surface area (Å²) in [5, 5.41) is 12.4. The van der Waals surface area contributed by atoms with E-state index in [9.17, 15) is 4.79 Å². The zero-order valence-electron chi connectivity index (χ0n) is 12.3. The average Bonchev–Trinajstić information content (AvgIpc) is 2.48. The van der Waals surface area contributed by atoms with E-state index in [0.717, 1.165) is 12.8 Å². The van der Waals surface area contributed by atoms with E-state index in [0.29, 0.717) is 5.82 Å². The van der Waals surface area contributed by atoms with Crippen molar-refractivity contribution < 1.29 is 9.90 Å². The fourth-order valence-corrected chi connectivity index (χ4v) is 2.39. The minimum Gasteiger partial charge on any atom is -0.478 e. The van der Waals surface area contributed by atoms with Crippen molar-refractivity contribution in [1.29, 1.82) is 0 Å².